The zero-order chi connectivity index (χ0) is 24.6. The molecule has 1 aromatic heterocycles. The topological polar surface area (TPSA) is 92.4 Å². The Balaban J connectivity index is 1.95. The van der Waals surface area contributed by atoms with Crippen molar-refractivity contribution >= 4 is 38.3 Å². The molecule has 0 N–H and O–H groups in total. The lowest BCUT2D eigenvalue weighted by atomic mass is 10.1. The minimum absolute atomic E-state index is 0.0233. The van der Waals surface area contributed by atoms with Crippen LogP contribution in [0.3, 0.4) is 0 Å². The van der Waals surface area contributed by atoms with Crippen molar-refractivity contribution in [2.24, 2.45) is 5.92 Å². The molecule has 34 heavy (non-hydrogen) atoms. The molecule has 1 aliphatic carbocycles. The van der Waals surface area contributed by atoms with Crippen LogP contribution >= 0.6 is 11.6 Å². The molecule has 0 saturated heterocycles. The lowest BCUT2D eigenvalue weighted by molar-refractivity contribution is 0.103. The summed E-state index contributed by atoms with van der Waals surface area (Å²) in [5, 5.41) is 10.3. The predicted molar refractivity (Wildman–Crippen MR) is 131 cm³/mol. The number of fused-ring (bicyclic) bond motifs is 1. The Morgan fingerprint density at radius 3 is 2.50 bits per heavy atom. The molecule has 0 aliphatic heterocycles. The fraction of sp³-hybridized carbons (Fsp3) is 0.280. The molecule has 2 aromatic carbocycles. The Labute approximate surface area is 203 Å². The van der Waals surface area contributed by atoms with E-state index in [1.54, 1.807) is 43.3 Å². The first-order chi connectivity index (χ1) is 16.1. The van der Waals surface area contributed by atoms with E-state index in [0.29, 0.717) is 28.7 Å². The molecule has 1 saturated carbocycles. The number of ketones is 1. The van der Waals surface area contributed by atoms with Gasteiger partial charge in [0, 0.05) is 31.7 Å². The second-order valence-electron chi connectivity index (χ2n) is 8.66. The number of aromatic nitrogens is 1. The van der Waals surface area contributed by atoms with Crippen LogP contribution in [0.2, 0.25) is 5.02 Å². The van der Waals surface area contributed by atoms with Gasteiger partial charge in [0.1, 0.15) is 23.1 Å². The number of aryl methyl sites for hydroxylation is 1. The van der Waals surface area contributed by atoms with E-state index in [4.69, 9.17) is 16.3 Å². The molecular formula is C25H24ClN3O4S. The van der Waals surface area contributed by atoms with Crippen molar-refractivity contribution in [3.05, 3.63) is 70.5 Å². The molecular weight excluding hydrogens is 474 g/mol. The number of hydrogen-bond donors (Lipinski definition) is 0. The number of benzene rings is 2. The summed E-state index contributed by atoms with van der Waals surface area (Å²) in [6.45, 7) is 2.35. The molecule has 0 bridgehead atoms. The van der Waals surface area contributed by atoms with Gasteiger partial charge in [-0.25, -0.2) is 12.4 Å². The van der Waals surface area contributed by atoms with E-state index in [-0.39, 0.29) is 21.7 Å². The number of halogens is 1. The summed E-state index contributed by atoms with van der Waals surface area (Å²) in [6.07, 6.45) is 3.54. The standard InChI is InChI=1S/C25H24ClN3O4S/c1-16-4-8-20(9-5-16)34(31,32)29-22-12-24(33-15-17-6-7-17)21(26)10-18(22)11-23(29)25(30)19(13-27)14-28(2)3/h4-5,8-12,14,17H,6-7,15H2,1-3H3/b19-14+. The van der Waals surface area contributed by atoms with Crippen LogP contribution < -0.4 is 4.74 Å². The van der Waals surface area contributed by atoms with E-state index in [1.807, 2.05) is 13.0 Å². The number of nitrogens with zero attached hydrogens (tertiary/aromatic N) is 3. The Kier molecular flexibility index (Phi) is 6.43. The normalized spacial score (nSPS) is 14.1. The van der Waals surface area contributed by atoms with Crippen LogP contribution in [-0.4, -0.2) is 43.8 Å². The lowest BCUT2D eigenvalue weighted by Crippen LogP contribution is -2.20. The minimum Gasteiger partial charge on any atom is -0.492 e. The predicted octanol–water partition coefficient (Wildman–Crippen LogP) is 4.78. The molecule has 176 valence electrons. The number of hydrogen-bond acceptors (Lipinski definition) is 6. The first-order valence-electron chi connectivity index (χ1n) is 10.7. The Hall–Kier alpha value is -3.28. The van der Waals surface area contributed by atoms with Gasteiger partial charge in [0.2, 0.25) is 5.78 Å². The molecule has 0 radical (unpaired) electrons. The highest BCUT2D eigenvalue weighted by Gasteiger charge is 2.29. The number of Topliss-reactive ketones (excluding diaryl/α,β-unsaturated/α-hetero) is 1. The summed E-state index contributed by atoms with van der Waals surface area (Å²) in [5.41, 5.74) is 0.808. The van der Waals surface area contributed by atoms with Crippen LogP contribution in [0.5, 0.6) is 5.75 Å². The Bertz CT molecular complexity index is 1440. The van der Waals surface area contributed by atoms with E-state index in [0.717, 1.165) is 22.4 Å². The van der Waals surface area contributed by atoms with Crippen LogP contribution in [0.25, 0.3) is 10.9 Å². The molecule has 1 heterocycles. The molecule has 0 atom stereocenters. The van der Waals surface area contributed by atoms with Crippen molar-refractivity contribution in [3.8, 4) is 11.8 Å². The first-order valence-corrected chi connectivity index (χ1v) is 12.6. The zero-order valence-electron chi connectivity index (χ0n) is 19.1. The smallest absolute Gasteiger partial charge is 0.268 e. The highest BCUT2D eigenvalue weighted by Crippen LogP contribution is 2.36. The van der Waals surface area contributed by atoms with Crippen molar-refractivity contribution < 1.29 is 17.9 Å². The fourth-order valence-corrected chi connectivity index (χ4v) is 5.28. The first kappa shape index (κ1) is 23.9. The van der Waals surface area contributed by atoms with E-state index in [9.17, 15) is 18.5 Å². The lowest BCUT2D eigenvalue weighted by Gasteiger charge is -2.13. The van der Waals surface area contributed by atoms with E-state index < -0.39 is 15.8 Å². The van der Waals surface area contributed by atoms with Gasteiger partial charge in [0.25, 0.3) is 10.0 Å². The molecule has 9 heteroatoms. The SMILES string of the molecule is Cc1ccc(S(=O)(=O)n2c(C(=O)/C(C#N)=C/N(C)C)cc3cc(Cl)c(OCC4CC4)cc32)cc1. The number of carbonyl (C=O) groups is 1. The van der Waals surface area contributed by atoms with Crippen molar-refractivity contribution in [1.82, 2.24) is 8.87 Å². The number of ether oxygens (including phenoxy) is 1. The van der Waals surface area contributed by atoms with Gasteiger partial charge < -0.3 is 9.64 Å². The van der Waals surface area contributed by atoms with Crippen molar-refractivity contribution in [1.29, 1.82) is 5.26 Å². The van der Waals surface area contributed by atoms with Crippen LogP contribution in [0.15, 0.2) is 59.1 Å². The highest BCUT2D eigenvalue weighted by atomic mass is 35.5. The largest absolute Gasteiger partial charge is 0.492 e. The van der Waals surface area contributed by atoms with Gasteiger partial charge in [0.15, 0.2) is 0 Å². The average Bonchev–Trinajstić information content (AvgIpc) is 3.54. The van der Waals surface area contributed by atoms with Crippen molar-refractivity contribution in [3.63, 3.8) is 0 Å². The molecule has 3 aromatic rings. The zero-order valence-corrected chi connectivity index (χ0v) is 20.7. The van der Waals surface area contributed by atoms with Gasteiger partial charge in [-0.15, -0.1) is 0 Å². The summed E-state index contributed by atoms with van der Waals surface area (Å²) in [5.74, 6) is 0.115. The maximum absolute atomic E-state index is 13.8. The van der Waals surface area contributed by atoms with E-state index in [1.165, 1.54) is 24.4 Å². The Morgan fingerprint density at radius 1 is 1.24 bits per heavy atom. The number of nitriles is 1. The summed E-state index contributed by atoms with van der Waals surface area (Å²) in [6, 6.07) is 12.8. The van der Waals surface area contributed by atoms with Crippen molar-refractivity contribution in [2.75, 3.05) is 20.7 Å². The van der Waals surface area contributed by atoms with E-state index >= 15 is 0 Å². The average molecular weight is 498 g/mol. The maximum atomic E-state index is 13.8. The molecule has 4 rings (SSSR count). The number of rotatable bonds is 8. The van der Waals surface area contributed by atoms with E-state index in [2.05, 4.69) is 0 Å². The molecule has 1 fully saturated rings. The summed E-state index contributed by atoms with van der Waals surface area (Å²) >= 11 is 6.42. The van der Waals surface area contributed by atoms with Gasteiger partial charge in [0.05, 0.1) is 22.0 Å². The minimum atomic E-state index is -4.19. The summed E-state index contributed by atoms with van der Waals surface area (Å²) in [4.78, 5) is 14.9. The second-order valence-corrected chi connectivity index (χ2v) is 10.8. The second kappa shape index (κ2) is 9.16. The van der Waals surface area contributed by atoms with Gasteiger partial charge >= 0.3 is 0 Å². The van der Waals surface area contributed by atoms with Crippen LogP contribution in [0.4, 0.5) is 0 Å². The van der Waals surface area contributed by atoms with Crippen LogP contribution in [0, 0.1) is 24.2 Å². The third-order valence-corrected chi connectivity index (χ3v) is 7.56. The van der Waals surface area contributed by atoms with Crippen LogP contribution in [-0.2, 0) is 10.0 Å². The summed E-state index contributed by atoms with van der Waals surface area (Å²) in [7, 11) is -0.840. The third-order valence-electron chi connectivity index (χ3n) is 5.53. The van der Waals surface area contributed by atoms with Gasteiger partial charge in [-0.2, -0.15) is 5.26 Å². The molecule has 0 spiro atoms. The van der Waals surface area contributed by atoms with Crippen molar-refractivity contribution in [2.45, 2.75) is 24.7 Å². The highest BCUT2D eigenvalue weighted by molar-refractivity contribution is 7.90. The van der Waals surface area contributed by atoms with Gasteiger partial charge in [-0.3, -0.25) is 4.79 Å². The summed E-state index contributed by atoms with van der Waals surface area (Å²) < 4.78 is 34.4. The molecule has 1 aliphatic rings. The van der Waals surface area contributed by atoms with Crippen LogP contribution in [0.1, 0.15) is 28.9 Å². The Morgan fingerprint density at radius 2 is 1.91 bits per heavy atom. The van der Waals surface area contributed by atoms with Gasteiger partial charge in [-0.1, -0.05) is 29.3 Å². The fourth-order valence-electron chi connectivity index (χ4n) is 3.55. The molecule has 7 nitrogen and oxygen atoms in total. The molecule has 0 amide bonds. The number of allylic oxidation sites excluding steroid dienone is 1. The maximum Gasteiger partial charge on any atom is 0.268 e. The number of carbonyl (C=O) groups excluding carboxylic acids is 1. The quantitative estimate of drug-likeness (QED) is 0.252. The monoisotopic (exact) mass is 497 g/mol. The van der Waals surface area contributed by atoms with Gasteiger partial charge in [-0.05, 0) is 49.9 Å². The molecule has 0 unspecified atom stereocenters. The third kappa shape index (κ3) is 4.67.